The number of amides is 1. The van der Waals surface area contributed by atoms with Crippen molar-refractivity contribution in [1.29, 1.82) is 0 Å². The normalized spacial score (nSPS) is 17.1. The molecule has 1 amide bonds. The van der Waals surface area contributed by atoms with Crippen molar-refractivity contribution in [3.05, 3.63) is 35.2 Å². The number of aromatic nitrogens is 1. The van der Waals surface area contributed by atoms with E-state index in [1.54, 1.807) is 18.9 Å². The van der Waals surface area contributed by atoms with Crippen molar-refractivity contribution in [3.63, 3.8) is 0 Å². The molecule has 0 aliphatic carbocycles. The van der Waals surface area contributed by atoms with Gasteiger partial charge in [-0.2, -0.15) is 0 Å². The molecule has 0 radical (unpaired) electrons. The number of pyridine rings is 1. The highest BCUT2D eigenvalue weighted by atomic mass is 32.1. The first-order valence-corrected chi connectivity index (χ1v) is 10.2. The maximum absolute atomic E-state index is 13.0. The zero-order valence-corrected chi connectivity index (χ0v) is 16.8. The molecule has 0 N–H and O–H groups in total. The van der Waals surface area contributed by atoms with Gasteiger partial charge < -0.3 is 14.4 Å². The van der Waals surface area contributed by atoms with E-state index in [-0.39, 0.29) is 17.8 Å². The van der Waals surface area contributed by atoms with Crippen LogP contribution in [-0.2, 0) is 9.53 Å². The van der Waals surface area contributed by atoms with Crippen LogP contribution in [0.25, 0.3) is 21.1 Å². The van der Waals surface area contributed by atoms with Crippen LogP contribution in [0.1, 0.15) is 29.4 Å². The number of hydrogen-bond donors (Lipinski definition) is 0. The van der Waals surface area contributed by atoms with Gasteiger partial charge in [0.05, 0.1) is 30.0 Å². The largest absolute Gasteiger partial charge is 0.497 e. The van der Waals surface area contributed by atoms with Gasteiger partial charge in [0.25, 0.3) is 5.91 Å². The molecule has 1 atom stereocenters. The summed E-state index contributed by atoms with van der Waals surface area (Å²) in [5.74, 6) is 0.266. The molecule has 0 unspecified atom stereocenters. The summed E-state index contributed by atoms with van der Waals surface area (Å²) in [6.45, 7) is 3.24. The molecule has 1 saturated heterocycles. The first kappa shape index (κ1) is 18.7. The van der Waals surface area contributed by atoms with Crippen LogP contribution in [0, 0.1) is 5.92 Å². The van der Waals surface area contributed by atoms with Gasteiger partial charge in [-0.05, 0) is 44.0 Å². The molecule has 0 bridgehead atoms. The fourth-order valence-electron chi connectivity index (χ4n) is 3.61. The van der Waals surface area contributed by atoms with Crippen LogP contribution in [0.15, 0.2) is 30.3 Å². The van der Waals surface area contributed by atoms with Crippen LogP contribution < -0.4 is 4.74 Å². The summed E-state index contributed by atoms with van der Waals surface area (Å²) in [4.78, 5) is 33.0. The molecule has 6 nitrogen and oxygen atoms in total. The number of methoxy groups -OCH3 is 1. The average Bonchev–Trinajstić information content (AvgIpc) is 3.14. The summed E-state index contributed by atoms with van der Waals surface area (Å²) >= 11 is 1.39. The molecule has 0 saturated carbocycles. The fraction of sp³-hybridized carbons (Fsp3) is 0.381. The second-order valence-corrected chi connectivity index (χ2v) is 7.93. The summed E-state index contributed by atoms with van der Waals surface area (Å²) in [6, 6.07) is 9.70. The maximum atomic E-state index is 13.0. The first-order chi connectivity index (χ1) is 13.6. The second kappa shape index (κ2) is 7.75. The van der Waals surface area contributed by atoms with Gasteiger partial charge >= 0.3 is 5.97 Å². The van der Waals surface area contributed by atoms with Crippen molar-refractivity contribution in [2.75, 3.05) is 26.8 Å². The number of carbonyl (C=O) groups is 2. The number of likely N-dealkylation sites (tertiary alicyclic amines) is 1. The monoisotopic (exact) mass is 398 g/mol. The standard InChI is InChI=1S/C21H22N2O4S/c1-3-27-21(25)14-5-4-8-23(12-14)20(24)18-10-15-9-13-6-7-16(26-2)11-17(13)22-19(15)28-18/h6-7,9-11,14H,3-5,8,12H2,1-2H3/t14-/m0/s1. The molecule has 1 fully saturated rings. The van der Waals surface area contributed by atoms with Crippen molar-refractivity contribution in [3.8, 4) is 5.75 Å². The van der Waals surface area contributed by atoms with Crippen LogP contribution >= 0.6 is 11.3 Å². The molecule has 4 rings (SSSR count). The molecule has 3 aromatic rings. The van der Waals surface area contributed by atoms with Crippen LogP contribution in [0.2, 0.25) is 0 Å². The van der Waals surface area contributed by atoms with Gasteiger partial charge in [0.2, 0.25) is 0 Å². The van der Waals surface area contributed by atoms with Gasteiger partial charge in [-0.15, -0.1) is 11.3 Å². The van der Waals surface area contributed by atoms with E-state index in [0.29, 0.717) is 24.6 Å². The quantitative estimate of drug-likeness (QED) is 0.624. The van der Waals surface area contributed by atoms with Gasteiger partial charge in [-0.25, -0.2) is 4.98 Å². The highest BCUT2D eigenvalue weighted by molar-refractivity contribution is 7.20. The number of esters is 1. The molecule has 2 aromatic heterocycles. The molecule has 7 heteroatoms. The third-order valence-corrected chi connectivity index (χ3v) is 6.08. The number of fused-ring (bicyclic) bond motifs is 2. The number of ether oxygens (including phenoxy) is 2. The van der Waals surface area contributed by atoms with Gasteiger partial charge in [-0.3, -0.25) is 9.59 Å². The highest BCUT2D eigenvalue weighted by Gasteiger charge is 2.30. The van der Waals surface area contributed by atoms with Gasteiger partial charge in [0, 0.05) is 29.9 Å². The van der Waals surface area contributed by atoms with E-state index < -0.39 is 0 Å². The van der Waals surface area contributed by atoms with E-state index in [4.69, 9.17) is 14.5 Å². The number of piperidine rings is 1. The number of benzene rings is 1. The minimum Gasteiger partial charge on any atom is -0.497 e. The van der Waals surface area contributed by atoms with E-state index in [9.17, 15) is 9.59 Å². The zero-order valence-electron chi connectivity index (χ0n) is 15.9. The molecule has 3 heterocycles. The lowest BCUT2D eigenvalue weighted by Crippen LogP contribution is -2.42. The number of thiophene rings is 1. The number of carbonyl (C=O) groups excluding carboxylic acids is 2. The minimum atomic E-state index is -0.236. The van der Waals surface area contributed by atoms with Gasteiger partial charge in [0.15, 0.2) is 0 Å². The fourth-order valence-corrected chi connectivity index (χ4v) is 4.60. The minimum absolute atomic E-state index is 0.0429. The first-order valence-electron chi connectivity index (χ1n) is 9.43. The Bertz CT molecular complexity index is 1050. The van der Waals surface area contributed by atoms with E-state index >= 15 is 0 Å². The molecule has 146 valence electrons. The Labute approximate surface area is 167 Å². The van der Waals surface area contributed by atoms with Crippen LogP contribution in [0.5, 0.6) is 5.75 Å². The third-order valence-electron chi connectivity index (χ3n) is 5.05. The van der Waals surface area contributed by atoms with E-state index in [0.717, 1.165) is 39.7 Å². The van der Waals surface area contributed by atoms with Crippen LogP contribution in [0.3, 0.4) is 0 Å². The van der Waals surface area contributed by atoms with E-state index in [1.807, 2.05) is 30.3 Å². The molecule has 1 aromatic carbocycles. The lowest BCUT2D eigenvalue weighted by molar-refractivity contribution is -0.149. The average molecular weight is 398 g/mol. The molecular formula is C21H22N2O4S. The van der Waals surface area contributed by atoms with Crippen molar-refractivity contribution < 1.29 is 19.1 Å². The Morgan fingerprint density at radius 3 is 2.89 bits per heavy atom. The molecule has 0 spiro atoms. The molecule has 1 aliphatic rings. The highest BCUT2D eigenvalue weighted by Crippen LogP contribution is 2.30. The topological polar surface area (TPSA) is 68.7 Å². The van der Waals surface area contributed by atoms with Crippen LogP contribution in [0.4, 0.5) is 0 Å². The molecule has 1 aliphatic heterocycles. The number of hydrogen-bond acceptors (Lipinski definition) is 6. The molecule has 28 heavy (non-hydrogen) atoms. The van der Waals surface area contributed by atoms with Crippen LogP contribution in [-0.4, -0.2) is 48.6 Å². The molecular weight excluding hydrogens is 376 g/mol. The summed E-state index contributed by atoms with van der Waals surface area (Å²) in [6.07, 6.45) is 1.58. The lowest BCUT2D eigenvalue weighted by Gasteiger charge is -2.31. The van der Waals surface area contributed by atoms with Gasteiger partial charge in [-0.1, -0.05) is 0 Å². The maximum Gasteiger partial charge on any atom is 0.310 e. The van der Waals surface area contributed by atoms with Crippen molar-refractivity contribution in [2.45, 2.75) is 19.8 Å². The smallest absolute Gasteiger partial charge is 0.310 e. The van der Waals surface area contributed by atoms with E-state index in [2.05, 4.69) is 0 Å². The van der Waals surface area contributed by atoms with E-state index in [1.165, 1.54) is 11.3 Å². The zero-order chi connectivity index (χ0) is 19.7. The number of rotatable bonds is 4. The Morgan fingerprint density at radius 2 is 2.11 bits per heavy atom. The summed E-state index contributed by atoms with van der Waals surface area (Å²) in [7, 11) is 1.63. The number of nitrogens with zero attached hydrogens (tertiary/aromatic N) is 2. The second-order valence-electron chi connectivity index (χ2n) is 6.89. The predicted octanol–water partition coefficient (Wildman–Crippen LogP) is 3.87. The van der Waals surface area contributed by atoms with Crippen molar-refractivity contribution in [1.82, 2.24) is 9.88 Å². The summed E-state index contributed by atoms with van der Waals surface area (Å²) in [5, 5.41) is 1.95. The Kier molecular flexibility index (Phi) is 5.17. The SMILES string of the molecule is CCOC(=O)[C@H]1CCCN(C(=O)c2cc3cc4ccc(OC)cc4nc3s2)C1. The van der Waals surface area contributed by atoms with Crippen molar-refractivity contribution >= 4 is 44.3 Å². The summed E-state index contributed by atoms with van der Waals surface area (Å²) < 4.78 is 10.4. The lowest BCUT2D eigenvalue weighted by atomic mass is 9.98. The Morgan fingerprint density at radius 1 is 1.25 bits per heavy atom. The van der Waals surface area contributed by atoms with Crippen molar-refractivity contribution in [2.24, 2.45) is 5.92 Å². The summed E-state index contributed by atoms with van der Waals surface area (Å²) in [5.41, 5.74) is 0.841. The van der Waals surface area contributed by atoms with Gasteiger partial charge in [0.1, 0.15) is 10.6 Å². The predicted molar refractivity (Wildman–Crippen MR) is 109 cm³/mol. The Hall–Kier alpha value is -2.67. The third kappa shape index (κ3) is 3.54. The Balaban J connectivity index is 1.60.